The number of aliphatic carboxylic acids is 2. The van der Waals surface area contributed by atoms with Gasteiger partial charge in [-0.3, -0.25) is 0 Å². The third-order valence-electron chi connectivity index (χ3n) is 0.597. The van der Waals surface area contributed by atoms with Gasteiger partial charge in [0.2, 0.25) is 0 Å². The number of hydrogen-bond acceptors (Lipinski definition) is 4. The van der Waals surface area contributed by atoms with Crippen molar-refractivity contribution in [3.05, 3.63) is 0 Å². The van der Waals surface area contributed by atoms with Crippen molar-refractivity contribution < 1.29 is 19.8 Å². The van der Waals surface area contributed by atoms with Crippen molar-refractivity contribution in [2.45, 2.75) is 12.8 Å². The molecule has 0 saturated heterocycles. The number of carbonyl (C=O) groups excluding carboxylic acids is 2. The number of alkyl halides is 2. The molecule has 0 spiro atoms. The summed E-state index contributed by atoms with van der Waals surface area (Å²) >= 11 is 9.95. The van der Waals surface area contributed by atoms with E-state index in [0.29, 0.717) is 0 Å². The maximum atomic E-state index is 9.40. The minimum Gasteiger partial charge on any atom is -0.550 e. The van der Waals surface area contributed by atoms with Crippen molar-refractivity contribution in [3.8, 4) is 0 Å². The fourth-order valence-electron chi connectivity index (χ4n) is 0.154. The van der Waals surface area contributed by atoms with E-state index < -0.39 is 11.9 Å². The van der Waals surface area contributed by atoms with Gasteiger partial charge in [-0.1, -0.05) is 0 Å². The average Bonchev–Trinajstić information content (AvgIpc) is 1.87. The van der Waals surface area contributed by atoms with Gasteiger partial charge in [0, 0.05) is 36.5 Å². The van der Waals surface area contributed by atoms with Crippen molar-refractivity contribution in [2.75, 3.05) is 11.8 Å². The predicted molar refractivity (Wildman–Crippen MR) is 46.4 cm³/mol. The summed E-state index contributed by atoms with van der Waals surface area (Å²) in [7, 11) is 0. The first-order valence-electron chi connectivity index (χ1n) is 3.06. The standard InChI is InChI=1S/2C3H5ClO2.Ca/c2*4-2-1-3(5)6;/h2*1-2H2,(H,5,6);/q;;+2/p-2. The van der Waals surface area contributed by atoms with Gasteiger partial charge in [-0.05, 0) is 0 Å². The third-order valence-corrected chi connectivity index (χ3v) is 0.975. The van der Waals surface area contributed by atoms with Crippen LogP contribution in [0.25, 0.3) is 0 Å². The Hall–Kier alpha value is 0.780. The largest absolute Gasteiger partial charge is 2.00 e. The van der Waals surface area contributed by atoms with Crippen molar-refractivity contribution in [1.82, 2.24) is 0 Å². The Morgan fingerprint density at radius 2 is 1.15 bits per heavy atom. The second-order valence-corrected chi connectivity index (χ2v) is 2.38. The smallest absolute Gasteiger partial charge is 0.550 e. The Morgan fingerprint density at radius 1 is 0.923 bits per heavy atom. The molecule has 0 amide bonds. The Balaban J connectivity index is -0.000000143. The zero-order chi connectivity index (χ0) is 9.98. The van der Waals surface area contributed by atoms with Crippen molar-refractivity contribution >= 4 is 72.9 Å². The summed E-state index contributed by atoms with van der Waals surface area (Å²) in [5.41, 5.74) is 0. The summed E-state index contributed by atoms with van der Waals surface area (Å²) in [4.78, 5) is 18.8. The van der Waals surface area contributed by atoms with E-state index in [4.69, 9.17) is 23.2 Å². The van der Waals surface area contributed by atoms with Crippen LogP contribution in [0.5, 0.6) is 0 Å². The number of halogens is 2. The molecule has 0 aromatic rings. The van der Waals surface area contributed by atoms with Gasteiger partial charge in [0.1, 0.15) is 0 Å². The van der Waals surface area contributed by atoms with Gasteiger partial charge in [0.15, 0.2) is 0 Å². The molecule has 0 atom stereocenters. The molecule has 0 aliphatic rings. The number of carboxylic acid groups (broad SMARTS) is 2. The van der Waals surface area contributed by atoms with E-state index in [9.17, 15) is 19.8 Å². The van der Waals surface area contributed by atoms with Crippen LogP contribution in [0.1, 0.15) is 12.8 Å². The van der Waals surface area contributed by atoms with E-state index in [-0.39, 0.29) is 62.3 Å². The van der Waals surface area contributed by atoms with E-state index in [1.807, 2.05) is 0 Å². The minimum absolute atomic E-state index is 0. The third kappa shape index (κ3) is 32.3. The van der Waals surface area contributed by atoms with Gasteiger partial charge in [0.05, 0.1) is 0 Å². The average molecular weight is 255 g/mol. The first-order valence-corrected chi connectivity index (χ1v) is 4.13. The fraction of sp³-hybridized carbons (Fsp3) is 0.667. The number of rotatable bonds is 4. The second kappa shape index (κ2) is 15.3. The number of hydrogen-bond donors (Lipinski definition) is 0. The molecule has 0 saturated carbocycles. The van der Waals surface area contributed by atoms with Gasteiger partial charge in [-0.2, -0.15) is 0 Å². The molecule has 0 unspecified atom stereocenters. The van der Waals surface area contributed by atoms with Crippen molar-refractivity contribution in [3.63, 3.8) is 0 Å². The molecule has 13 heavy (non-hydrogen) atoms. The molecule has 0 aromatic carbocycles. The first-order chi connectivity index (χ1) is 5.54. The molecule has 4 nitrogen and oxygen atoms in total. The van der Waals surface area contributed by atoms with Crippen LogP contribution in [0.2, 0.25) is 0 Å². The second-order valence-electron chi connectivity index (χ2n) is 1.62. The Labute approximate surface area is 116 Å². The molecule has 0 fully saturated rings. The summed E-state index contributed by atoms with van der Waals surface area (Å²) in [6.07, 6.45) is -0.108. The van der Waals surface area contributed by atoms with E-state index >= 15 is 0 Å². The first kappa shape index (κ1) is 19.4. The summed E-state index contributed by atoms with van der Waals surface area (Å²) in [6.45, 7) is 0. The minimum atomic E-state index is -1.09. The van der Waals surface area contributed by atoms with Crippen LogP contribution in [0.3, 0.4) is 0 Å². The van der Waals surface area contributed by atoms with Gasteiger partial charge < -0.3 is 19.8 Å². The monoisotopic (exact) mass is 254 g/mol. The van der Waals surface area contributed by atoms with Gasteiger partial charge in [0.25, 0.3) is 0 Å². The van der Waals surface area contributed by atoms with Crippen LogP contribution in [0.15, 0.2) is 0 Å². The Kier molecular flexibility index (Phi) is 22.7. The van der Waals surface area contributed by atoms with Crippen LogP contribution in [-0.2, 0) is 9.59 Å². The zero-order valence-electron chi connectivity index (χ0n) is 6.92. The van der Waals surface area contributed by atoms with E-state index in [2.05, 4.69) is 0 Å². The molecular weight excluding hydrogens is 247 g/mol. The van der Waals surface area contributed by atoms with Crippen LogP contribution < -0.4 is 10.2 Å². The molecule has 0 radical (unpaired) electrons. The number of carbonyl (C=O) groups is 2. The SMILES string of the molecule is O=C([O-])CCCl.O=C([O-])CCCl.[Ca+2]. The number of carboxylic acids is 2. The molecule has 0 aliphatic carbocycles. The predicted octanol–water partition coefficient (Wildman–Crippen LogP) is -1.65. The fourth-order valence-corrected chi connectivity index (χ4v) is 0.463. The van der Waals surface area contributed by atoms with Crippen LogP contribution in [-0.4, -0.2) is 61.4 Å². The van der Waals surface area contributed by atoms with Crippen molar-refractivity contribution in [1.29, 1.82) is 0 Å². The molecule has 0 aromatic heterocycles. The molecule has 0 bridgehead atoms. The molecule has 7 heteroatoms. The van der Waals surface area contributed by atoms with E-state index in [1.165, 1.54) is 0 Å². The van der Waals surface area contributed by atoms with E-state index in [1.54, 1.807) is 0 Å². The van der Waals surface area contributed by atoms with Gasteiger partial charge in [-0.25, -0.2) is 0 Å². The topological polar surface area (TPSA) is 80.3 Å². The van der Waals surface area contributed by atoms with Gasteiger partial charge in [-0.15, -0.1) is 23.2 Å². The van der Waals surface area contributed by atoms with Gasteiger partial charge >= 0.3 is 37.7 Å². The van der Waals surface area contributed by atoms with Crippen LogP contribution in [0, 0.1) is 0 Å². The molecule has 0 rings (SSSR count). The quantitative estimate of drug-likeness (QED) is 0.445. The summed E-state index contributed by atoms with van der Waals surface area (Å²) in [6, 6.07) is 0. The van der Waals surface area contributed by atoms with Crippen LogP contribution in [0.4, 0.5) is 0 Å². The summed E-state index contributed by atoms with van der Waals surface area (Å²) in [5, 5.41) is 18.8. The molecule has 72 valence electrons. The molecule has 0 N–H and O–H groups in total. The van der Waals surface area contributed by atoms with Crippen LogP contribution >= 0.6 is 23.2 Å². The molecular formula is C6H8CaCl2O4. The molecule has 0 aliphatic heterocycles. The maximum Gasteiger partial charge on any atom is 2.00 e. The Morgan fingerprint density at radius 3 is 1.15 bits per heavy atom. The van der Waals surface area contributed by atoms with E-state index in [0.717, 1.165) is 0 Å². The summed E-state index contributed by atoms with van der Waals surface area (Å²) < 4.78 is 0. The normalized spacial score (nSPS) is 7.54. The zero-order valence-corrected chi connectivity index (χ0v) is 10.6. The summed E-state index contributed by atoms with van der Waals surface area (Å²) in [5.74, 6) is -1.90. The van der Waals surface area contributed by atoms with Crippen molar-refractivity contribution in [2.24, 2.45) is 0 Å². The molecule has 0 heterocycles. The Bertz CT molecular complexity index is 127. The maximum absolute atomic E-state index is 9.40.